The van der Waals surface area contributed by atoms with Crippen molar-refractivity contribution in [2.75, 3.05) is 44.7 Å². The highest BCUT2D eigenvalue weighted by molar-refractivity contribution is 14.0. The molecule has 28 heavy (non-hydrogen) atoms. The number of rotatable bonds is 4. The molecule has 4 rings (SSSR count). The standard InChI is InChI=1S/C21H27N5S.HI/c1-16-17(18-6-3-4-7-19(18)24-16)9-10-23-21(22-2)26-13-11-25(12-14-26)20-8-5-15-27-20;/h3-8,15,24H,9-14H2,1-2H3,(H,22,23);1H. The first-order valence-corrected chi connectivity index (χ1v) is 10.4. The number of hydrogen-bond acceptors (Lipinski definition) is 3. The second-order valence-corrected chi connectivity index (χ2v) is 7.85. The van der Waals surface area contributed by atoms with Gasteiger partial charge >= 0.3 is 0 Å². The van der Waals surface area contributed by atoms with Gasteiger partial charge in [0.25, 0.3) is 0 Å². The first-order chi connectivity index (χ1) is 13.3. The average molecular weight is 509 g/mol. The van der Waals surface area contributed by atoms with Gasteiger partial charge in [0.05, 0.1) is 5.00 Å². The number of piperazine rings is 1. The van der Waals surface area contributed by atoms with Gasteiger partial charge in [-0.2, -0.15) is 0 Å². The maximum Gasteiger partial charge on any atom is 0.193 e. The lowest BCUT2D eigenvalue weighted by molar-refractivity contribution is 0.374. The van der Waals surface area contributed by atoms with Crippen molar-refractivity contribution < 1.29 is 0 Å². The summed E-state index contributed by atoms with van der Waals surface area (Å²) in [7, 11) is 1.88. The number of halogens is 1. The highest BCUT2D eigenvalue weighted by Gasteiger charge is 2.20. The van der Waals surface area contributed by atoms with Crippen LogP contribution in [0.1, 0.15) is 11.3 Å². The summed E-state index contributed by atoms with van der Waals surface area (Å²) in [5.41, 5.74) is 3.88. The predicted octanol–water partition coefficient (Wildman–Crippen LogP) is 4.10. The Morgan fingerprint density at radius 2 is 1.93 bits per heavy atom. The molecule has 2 N–H and O–H groups in total. The fourth-order valence-electron chi connectivity index (χ4n) is 3.88. The minimum Gasteiger partial charge on any atom is -0.360 e. The summed E-state index contributed by atoms with van der Waals surface area (Å²) in [4.78, 5) is 12.8. The number of nitrogens with one attached hydrogen (secondary N) is 2. The lowest BCUT2D eigenvalue weighted by Crippen LogP contribution is -2.52. The molecule has 0 amide bonds. The SMILES string of the molecule is CN=C(NCCc1c(C)[nH]c2ccccc12)N1CCN(c2cccs2)CC1.I. The van der Waals surface area contributed by atoms with E-state index in [0.717, 1.165) is 45.1 Å². The molecule has 150 valence electrons. The number of guanidine groups is 1. The van der Waals surface area contributed by atoms with Crippen LogP contribution in [-0.4, -0.2) is 55.6 Å². The van der Waals surface area contributed by atoms with E-state index < -0.39 is 0 Å². The number of fused-ring (bicyclic) bond motifs is 1. The second-order valence-electron chi connectivity index (χ2n) is 6.92. The normalized spacial score (nSPS) is 15.0. The van der Waals surface area contributed by atoms with E-state index in [1.807, 2.05) is 18.4 Å². The Morgan fingerprint density at radius 1 is 1.14 bits per heavy atom. The first-order valence-electron chi connectivity index (χ1n) is 9.56. The molecule has 0 aliphatic carbocycles. The number of para-hydroxylation sites is 1. The van der Waals surface area contributed by atoms with Gasteiger partial charge in [0, 0.05) is 56.4 Å². The van der Waals surface area contributed by atoms with Crippen LogP contribution in [0.3, 0.4) is 0 Å². The van der Waals surface area contributed by atoms with Crippen molar-refractivity contribution in [1.29, 1.82) is 0 Å². The van der Waals surface area contributed by atoms with Crippen LogP contribution < -0.4 is 10.2 Å². The van der Waals surface area contributed by atoms with E-state index in [-0.39, 0.29) is 24.0 Å². The van der Waals surface area contributed by atoms with E-state index in [0.29, 0.717) is 0 Å². The van der Waals surface area contributed by atoms with E-state index >= 15 is 0 Å². The zero-order valence-electron chi connectivity index (χ0n) is 16.4. The zero-order valence-corrected chi connectivity index (χ0v) is 19.6. The summed E-state index contributed by atoms with van der Waals surface area (Å²) < 4.78 is 0. The van der Waals surface area contributed by atoms with Crippen LogP contribution in [-0.2, 0) is 6.42 Å². The molecular formula is C21H28IN5S. The Labute approximate surface area is 187 Å². The molecule has 0 radical (unpaired) electrons. The quantitative estimate of drug-likeness (QED) is 0.317. The summed E-state index contributed by atoms with van der Waals surface area (Å²) in [6.07, 6.45) is 0.990. The number of thiophene rings is 1. The number of nitrogens with zero attached hydrogens (tertiary/aromatic N) is 3. The molecule has 1 aliphatic heterocycles. The molecule has 0 spiro atoms. The van der Waals surface area contributed by atoms with E-state index in [1.54, 1.807) is 0 Å². The molecular weight excluding hydrogens is 481 g/mol. The van der Waals surface area contributed by atoms with Crippen LogP contribution in [0, 0.1) is 6.92 Å². The Hall–Kier alpha value is -1.74. The highest BCUT2D eigenvalue weighted by atomic mass is 127. The first kappa shape index (κ1) is 21.0. The summed E-state index contributed by atoms with van der Waals surface area (Å²) >= 11 is 1.82. The molecule has 3 heterocycles. The van der Waals surface area contributed by atoms with E-state index in [4.69, 9.17) is 0 Å². The topological polar surface area (TPSA) is 46.7 Å². The minimum atomic E-state index is 0. The molecule has 7 heteroatoms. The molecule has 3 aromatic rings. The van der Waals surface area contributed by atoms with E-state index in [9.17, 15) is 0 Å². The molecule has 5 nitrogen and oxygen atoms in total. The number of hydrogen-bond donors (Lipinski definition) is 2. The van der Waals surface area contributed by atoms with Crippen molar-refractivity contribution in [1.82, 2.24) is 15.2 Å². The molecule has 1 fully saturated rings. The number of aliphatic imine (C=N–C) groups is 1. The van der Waals surface area contributed by atoms with Gasteiger partial charge in [-0.05, 0) is 42.5 Å². The molecule has 2 aromatic heterocycles. The number of benzene rings is 1. The van der Waals surface area contributed by atoms with Gasteiger partial charge in [-0.3, -0.25) is 4.99 Å². The van der Waals surface area contributed by atoms with E-state index in [2.05, 4.69) is 73.8 Å². The molecule has 1 saturated heterocycles. The zero-order chi connectivity index (χ0) is 18.6. The molecule has 1 aromatic carbocycles. The maximum absolute atomic E-state index is 4.51. The van der Waals surface area contributed by atoms with Crippen molar-refractivity contribution >= 4 is 57.2 Å². The predicted molar refractivity (Wildman–Crippen MR) is 132 cm³/mol. The van der Waals surface area contributed by atoms with Crippen LogP contribution in [0.5, 0.6) is 0 Å². The monoisotopic (exact) mass is 509 g/mol. The Morgan fingerprint density at radius 3 is 2.64 bits per heavy atom. The number of aromatic nitrogens is 1. The lowest BCUT2D eigenvalue weighted by Gasteiger charge is -2.37. The Bertz CT molecular complexity index is 910. The smallest absolute Gasteiger partial charge is 0.193 e. The van der Waals surface area contributed by atoms with Gasteiger partial charge in [0.1, 0.15) is 0 Å². The van der Waals surface area contributed by atoms with Gasteiger partial charge in [0.15, 0.2) is 5.96 Å². The van der Waals surface area contributed by atoms with Crippen LogP contribution in [0.4, 0.5) is 5.00 Å². The number of anilines is 1. The number of aryl methyl sites for hydroxylation is 1. The van der Waals surface area contributed by atoms with Crippen LogP contribution in [0.25, 0.3) is 10.9 Å². The molecule has 1 aliphatic rings. The number of aromatic amines is 1. The number of H-pyrrole nitrogens is 1. The second kappa shape index (κ2) is 9.65. The molecule has 0 bridgehead atoms. The van der Waals surface area contributed by atoms with Gasteiger partial charge < -0.3 is 20.1 Å². The third-order valence-corrected chi connectivity index (χ3v) is 6.22. The largest absolute Gasteiger partial charge is 0.360 e. The van der Waals surface area contributed by atoms with Crippen molar-refractivity contribution in [3.05, 3.63) is 53.0 Å². The van der Waals surface area contributed by atoms with Crippen LogP contribution in [0.2, 0.25) is 0 Å². The van der Waals surface area contributed by atoms with Gasteiger partial charge in [-0.25, -0.2) is 0 Å². The van der Waals surface area contributed by atoms with Crippen molar-refractivity contribution in [3.63, 3.8) is 0 Å². The third-order valence-electron chi connectivity index (χ3n) is 5.29. The van der Waals surface area contributed by atoms with Crippen molar-refractivity contribution in [2.45, 2.75) is 13.3 Å². The Kier molecular flexibility index (Phi) is 7.23. The third kappa shape index (κ3) is 4.46. The summed E-state index contributed by atoms with van der Waals surface area (Å²) in [5.74, 6) is 1.01. The fraction of sp³-hybridized carbons (Fsp3) is 0.381. The average Bonchev–Trinajstić information content (AvgIpc) is 3.34. The van der Waals surface area contributed by atoms with Crippen LogP contribution in [0.15, 0.2) is 46.8 Å². The summed E-state index contributed by atoms with van der Waals surface area (Å²) in [6.45, 7) is 7.15. The van der Waals surface area contributed by atoms with Crippen molar-refractivity contribution in [3.8, 4) is 0 Å². The maximum atomic E-state index is 4.51. The Balaban J connectivity index is 0.00000225. The van der Waals surface area contributed by atoms with Gasteiger partial charge in [-0.1, -0.05) is 18.2 Å². The highest BCUT2D eigenvalue weighted by Crippen LogP contribution is 2.23. The molecule has 0 saturated carbocycles. The van der Waals surface area contributed by atoms with Crippen LogP contribution >= 0.6 is 35.3 Å². The van der Waals surface area contributed by atoms with Gasteiger partial charge in [-0.15, -0.1) is 35.3 Å². The fourth-order valence-corrected chi connectivity index (χ4v) is 4.66. The van der Waals surface area contributed by atoms with E-state index in [1.165, 1.54) is 27.2 Å². The summed E-state index contributed by atoms with van der Waals surface area (Å²) in [6, 6.07) is 12.9. The lowest BCUT2D eigenvalue weighted by atomic mass is 10.1. The summed E-state index contributed by atoms with van der Waals surface area (Å²) in [5, 5.41) is 8.41. The molecule has 0 unspecified atom stereocenters. The minimum absolute atomic E-state index is 0. The molecule has 0 atom stereocenters. The van der Waals surface area contributed by atoms with Gasteiger partial charge in [0.2, 0.25) is 0 Å². The van der Waals surface area contributed by atoms with Crippen molar-refractivity contribution in [2.24, 2.45) is 4.99 Å².